The van der Waals surface area contributed by atoms with Crippen molar-refractivity contribution < 1.29 is 9.53 Å². The number of carbonyl (C=O) groups excluding carboxylic acids is 1. The van der Waals surface area contributed by atoms with Gasteiger partial charge in [0.2, 0.25) is 0 Å². The van der Waals surface area contributed by atoms with E-state index in [9.17, 15) is 4.79 Å². The molecule has 0 fully saturated rings. The van der Waals surface area contributed by atoms with Crippen molar-refractivity contribution in [1.29, 1.82) is 0 Å². The van der Waals surface area contributed by atoms with Crippen molar-refractivity contribution in [3.8, 4) is 5.75 Å². The highest BCUT2D eigenvalue weighted by Gasteiger charge is 2.15. The van der Waals surface area contributed by atoms with Crippen LogP contribution in [0.5, 0.6) is 5.75 Å². The average Bonchev–Trinajstić information content (AvgIpc) is 2.53. The average molecular weight is 284 g/mol. The molecule has 0 spiro atoms. The van der Waals surface area contributed by atoms with Gasteiger partial charge in [0.1, 0.15) is 5.75 Å². The van der Waals surface area contributed by atoms with Gasteiger partial charge in [-0.25, -0.2) is 0 Å². The lowest BCUT2D eigenvalue weighted by Gasteiger charge is -2.18. The third kappa shape index (κ3) is 3.54. The standard InChI is InChI=1S/C17H20N2O2/c1-3-15(12-7-5-4-6-8-12)19-17(20)13-9-10-14(18)16(11-13)21-2/h4-11,15H,3,18H2,1-2H3,(H,19,20). The normalized spacial score (nSPS) is 11.7. The van der Waals surface area contributed by atoms with E-state index in [-0.39, 0.29) is 11.9 Å². The first-order valence-electron chi connectivity index (χ1n) is 6.95. The molecule has 0 aliphatic heterocycles. The van der Waals surface area contributed by atoms with Gasteiger partial charge in [-0.1, -0.05) is 37.3 Å². The van der Waals surface area contributed by atoms with Gasteiger partial charge in [0, 0.05) is 5.56 Å². The van der Waals surface area contributed by atoms with Gasteiger partial charge in [-0.15, -0.1) is 0 Å². The highest BCUT2D eigenvalue weighted by molar-refractivity contribution is 5.95. The second kappa shape index (κ2) is 6.79. The van der Waals surface area contributed by atoms with Crippen LogP contribution in [0.2, 0.25) is 0 Å². The van der Waals surface area contributed by atoms with Crippen LogP contribution in [0, 0.1) is 0 Å². The smallest absolute Gasteiger partial charge is 0.251 e. The Balaban J connectivity index is 2.16. The number of nitrogens with one attached hydrogen (secondary N) is 1. The van der Waals surface area contributed by atoms with E-state index in [1.807, 2.05) is 37.3 Å². The Labute approximate surface area is 124 Å². The second-order valence-corrected chi connectivity index (χ2v) is 4.80. The van der Waals surface area contributed by atoms with Gasteiger partial charge in [0.25, 0.3) is 5.91 Å². The van der Waals surface area contributed by atoms with Crippen molar-refractivity contribution in [2.45, 2.75) is 19.4 Å². The lowest BCUT2D eigenvalue weighted by atomic mass is 10.0. The summed E-state index contributed by atoms with van der Waals surface area (Å²) in [6.07, 6.45) is 0.821. The summed E-state index contributed by atoms with van der Waals surface area (Å²) in [7, 11) is 1.53. The minimum Gasteiger partial charge on any atom is -0.495 e. The number of nitrogen functional groups attached to an aromatic ring is 1. The minimum absolute atomic E-state index is 0.0118. The summed E-state index contributed by atoms with van der Waals surface area (Å²) in [5.74, 6) is 0.374. The highest BCUT2D eigenvalue weighted by atomic mass is 16.5. The number of hydrogen-bond acceptors (Lipinski definition) is 3. The van der Waals surface area contributed by atoms with Crippen molar-refractivity contribution in [3.63, 3.8) is 0 Å². The Morgan fingerprint density at radius 3 is 2.57 bits per heavy atom. The molecule has 0 aromatic heterocycles. The van der Waals surface area contributed by atoms with Crippen LogP contribution in [0.3, 0.4) is 0 Å². The zero-order valence-corrected chi connectivity index (χ0v) is 12.3. The molecule has 1 amide bonds. The van der Waals surface area contributed by atoms with Crippen molar-refractivity contribution in [3.05, 3.63) is 59.7 Å². The van der Waals surface area contributed by atoms with E-state index >= 15 is 0 Å². The number of ether oxygens (including phenoxy) is 1. The first-order chi connectivity index (χ1) is 10.2. The molecule has 2 aromatic rings. The second-order valence-electron chi connectivity index (χ2n) is 4.80. The predicted octanol–water partition coefficient (Wildman–Crippen LogP) is 3.16. The Morgan fingerprint density at radius 1 is 1.24 bits per heavy atom. The topological polar surface area (TPSA) is 64.4 Å². The van der Waals surface area contributed by atoms with Gasteiger partial charge in [0.05, 0.1) is 18.8 Å². The summed E-state index contributed by atoms with van der Waals surface area (Å²) in [6.45, 7) is 2.04. The van der Waals surface area contributed by atoms with Crippen molar-refractivity contribution in [1.82, 2.24) is 5.32 Å². The number of amides is 1. The van der Waals surface area contributed by atoms with E-state index in [0.717, 1.165) is 12.0 Å². The summed E-state index contributed by atoms with van der Waals surface area (Å²) in [5.41, 5.74) is 7.91. The Kier molecular flexibility index (Phi) is 4.82. The molecule has 0 saturated heterocycles. The molecule has 3 N–H and O–H groups in total. The fraction of sp³-hybridized carbons (Fsp3) is 0.235. The Bertz CT molecular complexity index is 611. The SMILES string of the molecule is CCC(NC(=O)c1ccc(N)c(OC)c1)c1ccccc1. The quantitative estimate of drug-likeness (QED) is 0.829. The van der Waals surface area contributed by atoms with E-state index in [4.69, 9.17) is 10.5 Å². The third-order valence-corrected chi connectivity index (χ3v) is 3.41. The molecule has 0 bridgehead atoms. The highest BCUT2D eigenvalue weighted by Crippen LogP contribution is 2.23. The molecule has 2 aromatic carbocycles. The Hall–Kier alpha value is -2.49. The van der Waals surface area contributed by atoms with Crippen molar-refractivity contribution in [2.75, 3.05) is 12.8 Å². The molecular weight excluding hydrogens is 264 g/mol. The molecule has 0 aliphatic rings. The number of rotatable bonds is 5. The molecule has 1 atom stereocenters. The molecule has 1 unspecified atom stereocenters. The van der Waals surface area contributed by atoms with Crippen LogP contribution < -0.4 is 15.8 Å². The number of methoxy groups -OCH3 is 1. The van der Waals surface area contributed by atoms with Crippen LogP contribution in [-0.2, 0) is 0 Å². The summed E-state index contributed by atoms with van der Waals surface area (Å²) < 4.78 is 5.15. The van der Waals surface area contributed by atoms with Crippen molar-refractivity contribution in [2.24, 2.45) is 0 Å². The van der Waals surface area contributed by atoms with Gasteiger partial charge < -0.3 is 15.8 Å². The lowest BCUT2D eigenvalue weighted by Crippen LogP contribution is -2.28. The largest absolute Gasteiger partial charge is 0.495 e. The van der Waals surface area contributed by atoms with E-state index in [1.165, 1.54) is 7.11 Å². The van der Waals surface area contributed by atoms with Crippen LogP contribution in [0.25, 0.3) is 0 Å². The van der Waals surface area contributed by atoms with E-state index < -0.39 is 0 Å². The van der Waals surface area contributed by atoms with Gasteiger partial charge in [-0.2, -0.15) is 0 Å². The van der Waals surface area contributed by atoms with Gasteiger partial charge in [-0.3, -0.25) is 4.79 Å². The predicted molar refractivity (Wildman–Crippen MR) is 84.3 cm³/mol. The number of nitrogens with two attached hydrogens (primary N) is 1. The molecule has 4 heteroatoms. The van der Waals surface area contributed by atoms with Gasteiger partial charge in [0.15, 0.2) is 0 Å². The summed E-state index contributed by atoms with van der Waals surface area (Å²) >= 11 is 0. The summed E-state index contributed by atoms with van der Waals surface area (Å²) in [4.78, 5) is 12.4. The minimum atomic E-state index is -0.135. The fourth-order valence-electron chi connectivity index (χ4n) is 2.20. The molecular formula is C17H20N2O2. The molecule has 2 rings (SSSR count). The fourth-order valence-corrected chi connectivity index (χ4v) is 2.20. The zero-order chi connectivity index (χ0) is 15.2. The van der Waals surface area contributed by atoms with Crippen LogP contribution in [-0.4, -0.2) is 13.0 Å². The lowest BCUT2D eigenvalue weighted by molar-refractivity contribution is 0.0935. The monoisotopic (exact) mass is 284 g/mol. The van der Waals surface area contributed by atoms with Crippen molar-refractivity contribution >= 4 is 11.6 Å². The maximum Gasteiger partial charge on any atom is 0.251 e. The van der Waals surface area contributed by atoms with Crippen LogP contribution >= 0.6 is 0 Å². The van der Waals surface area contributed by atoms with Crippen LogP contribution in [0.1, 0.15) is 35.3 Å². The summed E-state index contributed by atoms with van der Waals surface area (Å²) in [5, 5.41) is 3.03. The van der Waals surface area contributed by atoms with E-state index in [2.05, 4.69) is 5.32 Å². The molecule has 4 nitrogen and oxygen atoms in total. The first-order valence-corrected chi connectivity index (χ1v) is 6.95. The number of hydrogen-bond donors (Lipinski definition) is 2. The van der Waals surface area contributed by atoms with Gasteiger partial charge >= 0.3 is 0 Å². The molecule has 0 saturated carbocycles. The third-order valence-electron chi connectivity index (χ3n) is 3.41. The number of benzene rings is 2. The van der Waals surface area contributed by atoms with E-state index in [0.29, 0.717) is 17.0 Å². The molecule has 0 heterocycles. The maximum absolute atomic E-state index is 12.4. The maximum atomic E-state index is 12.4. The van der Waals surface area contributed by atoms with Crippen LogP contribution in [0.15, 0.2) is 48.5 Å². The molecule has 110 valence electrons. The Morgan fingerprint density at radius 2 is 1.95 bits per heavy atom. The van der Waals surface area contributed by atoms with E-state index in [1.54, 1.807) is 18.2 Å². The van der Waals surface area contributed by atoms with Gasteiger partial charge in [-0.05, 0) is 30.2 Å². The number of carbonyl (C=O) groups is 1. The van der Waals surface area contributed by atoms with Crippen LogP contribution in [0.4, 0.5) is 5.69 Å². The molecule has 21 heavy (non-hydrogen) atoms. The molecule has 0 radical (unpaired) electrons. The number of anilines is 1. The summed E-state index contributed by atoms with van der Waals surface area (Å²) in [6, 6.07) is 14.9. The first kappa shape index (κ1) is 14.9. The molecule has 0 aliphatic carbocycles. The zero-order valence-electron chi connectivity index (χ0n) is 12.3.